The first-order valence-corrected chi connectivity index (χ1v) is 7.25. The summed E-state index contributed by atoms with van der Waals surface area (Å²) >= 11 is 3.31. The minimum Gasteiger partial charge on any atom is -0.370 e. The molecular weight excluding hydrogens is 337 g/mol. The number of aromatic nitrogens is 1. The first kappa shape index (κ1) is 15.4. The SMILES string of the molecule is CCNc1ncc(Br)cc1C(=O)N(C)c1cccc(F)c1. The molecule has 1 heterocycles. The van der Waals surface area contributed by atoms with E-state index in [9.17, 15) is 9.18 Å². The van der Waals surface area contributed by atoms with Crippen molar-refractivity contribution in [3.05, 3.63) is 52.4 Å². The van der Waals surface area contributed by atoms with E-state index in [0.29, 0.717) is 28.1 Å². The maximum Gasteiger partial charge on any atom is 0.261 e. The summed E-state index contributed by atoms with van der Waals surface area (Å²) in [5, 5.41) is 3.05. The first-order chi connectivity index (χ1) is 10.0. The van der Waals surface area contributed by atoms with E-state index in [4.69, 9.17) is 0 Å². The molecule has 0 aliphatic rings. The number of amides is 1. The number of hydrogen-bond acceptors (Lipinski definition) is 3. The smallest absolute Gasteiger partial charge is 0.261 e. The van der Waals surface area contributed by atoms with Crippen LogP contribution < -0.4 is 10.2 Å². The van der Waals surface area contributed by atoms with Crippen LogP contribution in [0.1, 0.15) is 17.3 Å². The molecule has 1 aromatic carbocycles. The van der Waals surface area contributed by atoms with E-state index in [-0.39, 0.29) is 11.7 Å². The van der Waals surface area contributed by atoms with Crippen molar-refractivity contribution >= 4 is 33.3 Å². The number of hydrogen-bond donors (Lipinski definition) is 1. The van der Waals surface area contributed by atoms with Gasteiger partial charge in [0.2, 0.25) is 0 Å². The minimum absolute atomic E-state index is 0.259. The Kier molecular flexibility index (Phi) is 4.90. The Morgan fingerprint density at radius 1 is 1.43 bits per heavy atom. The van der Waals surface area contributed by atoms with Crippen LogP contribution in [0.15, 0.2) is 41.0 Å². The Morgan fingerprint density at radius 2 is 2.19 bits per heavy atom. The van der Waals surface area contributed by atoms with Crippen LogP contribution in [0, 0.1) is 5.82 Å². The molecule has 0 saturated heterocycles. The van der Waals surface area contributed by atoms with Gasteiger partial charge in [-0.1, -0.05) is 6.07 Å². The number of pyridine rings is 1. The van der Waals surface area contributed by atoms with Crippen LogP contribution in [-0.2, 0) is 0 Å². The Balaban J connectivity index is 2.37. The molecule has 0 unspecified atom stereocenters. The summed E-state index contributed by atoms with van der Waals surface area (Å²) in [5.41, 5.74) is 0.917. The molecule has 1 amide bonds. The molecule has 2 rings (SSSR count). The minimum atomic E-state index is -0.383. The predicted octanol–water partition coefficient (Wildman–Crippen LogP) is 3.69. The Morgan fingerprint density at radius 3 is 2.86 bits per heavy atom. The summed E-state index contributed by atoms with van der Waals surface area (Å²) in [5.74, 6) is -0.134. The normalized spacial score (nSPS) is 10.3. The Bertz CT molecular complexity index is 663. The van der Waals surface area contributed by atoms with Gasteiger partial charge in [-0.25, -0.2) is 9.37 Å². The number of nitrogens with one attached hydrogen (secondary N) is 1. The summed E-state index contributed by atoms with van der Waals surface area (Å²) in [7, 11) is 1.60. The van der Waals surface area contributed by atoms with Gasteiger partial charge in [0, 0.05) is 29.9 Å². The molecule has 4 nitrogen and oxygen atoms in total. The summed E-state index contributed by atoms with van der Waals surface area (Å²) in [6.07, 6.45) is 1.62. The van der Waals surface area contributed by atoms with Crippen LogP contribution in [0.25, 0.3) is 0 Å². The molecule has 0 fully saturated rings. The van der Waals surface area contributed by atoms with Gasteiger partial charge in [-0.05, 0) is 47.1 Å². The summed E-state index contributed by atoms with van der Waals surface area (Å²) in [4.78, 5) is 18.2. The number of anilines is 2. The first-order valence-electron chi connectivity index (χ1n) is 6.46. The van der Waals surface area contributed by atoms with E-state index in [1.807, 2.05) is 6.92 Å². The van der Waals surface area contributed by atoms with Crippen LogP contribution in [0.5, 0.6) is 0 Å². The highest BCUT2D eigenvalue weighted by Crippen LogP contribution is 2.22. The zero-order valence-electron chi connectivity index (χ0n) is 11.7. The second-order valence-corrected chi connectivity index (χ2v) is 5.34. The average molecular weight is 352 g/mol. The third kappa shape index (κ3) is 3.58. The number of nitrogens with zero attached hydrogens (tertiary/aromatic N) is 2. The van der Waals surface area contributed by atoms with Gasteiger partial charge in [0.1, 0.15) is 11.6 Å². The third-order valence-corrected chi connectivity index (χ3v) is 3.36. The molecule has 0 aliphatic heterocycles. The van der Waals surface area contributed by atoms with Crippen molar-refractivity contribution in [3.63, 3.8) is 0 Å². The van der Waals surface area contributed by atoms with Gasteiger partial charge in [-0.2, -0.15) is 0 Å². The van der Waals surface area contributed by atoms with Crippen LogP contribution in [0.3, 0.4) is 0 Å². The van der Waals surface area contributed by atoms with Crippen LogP contribution in [0.2, 0.25) is 0 Å². The second kappa shape index (κ2) is 6.67. The van der Waals surface area contributed by atoms with E-state index in [0.717, 1.165) is 0 Å². The number of carbonyl (C=O) groups is 1. The van der Waals surface area contributed by atoms with Gasteiger partial charge >= 0.3 is 0 Å². The largest absolute Gasteiger partial charge is 0.370 e. The molecule has 110 valence electrons. The highest BCUT2D eigenvalue weighted by molar-refractivity contribution is 9.10. The fourth-order valence-electron chi connectivity index (χ4n) is 1.89. The molecule has 1 N–H and O–H groups in total. The summed E-state index contributed by atoms with van der Waals surface area (Å²) in [6, 6.07) is 7.60. The van der Waals surface area contributed by atoms with Crippen molar-refractivity contribution in [2.24, 2.45) is 0 Å². The Labute approximate surface area is 131 Å². The van der Waals surface area contributed by atoms with Gasteiger partial charge in [-0.3, -0.25) is 4.79 Å². The van der Waals surface area contributed by atoms with E-state index in [1.165, 1.54) is 17.0 Å². The summed E-state index contributed by atoms with van der Waals surface area (Å²) in [6.45, 7) is 2.58. The molecule has 0 saturated carbocycles. The van der Waals surface area contributed by atoms with Crippen molar-refractivity contribution in [1.82, 2.24) is 4.98 Å². The fourth-order valence-corrected chi connectivity index (χ4v) is 2.22. The van der Waals surface area contributed by atoms with Crippen molar-refractivity contribution in [1.29, 1.82) is 0 Å². The lowest BCUT2D eigenvalue weighted by molar-refractivity contribution is 0.0993. The molecule has 21 heavy (non-hydrogen) atoms. The standard InChI is InChI=1S/C15H15BrFN3O/c1-3-18-14-13(7-10(16)9-19-14)15(21)20(2)12-6-4-5-11(17)8-12/h4-9H,3H2,1-2H3,(H,18,19). The van der Waals surface area contributed by atoms with E-state index in [1.54, 1.807) is 31.4 Å². The average Bonchev–Trinajstić information content (AvgIpc) is 2.48. The summed E-state index contributed by atoms with van der Waals surface area (Å²) < 4.78 is 14.0. The van der Waals surface area contributed by atoms with Gasteiger partial charge in [-0.15, -0.1) is 0 Å². The molecule has 2 aromatic rings. The lowest BCUT2D eigenvalue weighted by Crippen LogP contribution is -2.27. The van der Waals surface area contributed by atoms with E-state index >= 15 is 0 Å². The van der Waals surface area contributed by atoms with Gasteiger partial charge < -0.3 is 10.2 Å². The number of rotatable bonds is 4. The maximum absolute atomic E-state index is 13.3. The second-order valence-electron chi connectivity index (χ2n) is 4.42. The Hall–Kier alpha value is -1.95. The molecule has 1 aromatic heterocycles. The number of halogens is 2. The quantitative estimate of drug-likeness (QED) is 0.913. The van der Waals surface area contributed by atoms with Gasteiger partial charge in [0.25, 0.3) is 5.91 Å². The number of carbonyl (C=O) groups excluding carboxylic acids is 1. The maximum atomic E-state index is 13.3. The molecule has 0 atom stereocenters. The van der Waals surface area contributed by atoms with Crippen LogP contribution in [0.4, 0.5) is 15.9 Å². The molecule has 0 bridgehead atoms. The molecule has 0 aliphatic carbocycles. The monoisotopic (exact) mass is 351 g/mol. The number of benzene rings is 1. The van der Waals surface area contributed by atoms with E-state index in [2.05, 4.69) is 26.2 Å². The van der Waals surface area contributed by atoms with Crippen molar-refractivity contribution < 1.29 is 9.18 Å². The zero-order valence-corrected chi connectivity index (χ0v) is 13.3. The van der Waals surface area contributed by atoms with Crippen molar-refractivity contribution in [2.75, 3.05) is 23.8 Å². The molecular formula is C15H15BrFN3O. The van der Waals surface area contributed by atoms with Gasteiger partial charge in [0.05, 0.1) is 5.56 Å². The lowest BCUT2D eigenvalue weighted by atomic mass is 10.2. The fraction of sp³-hybridized carbons (Fsp3) is 0.200. The highest BCUT2D eigenvalue weighted by Gasteiger charge is 2.18. The topological polar surface area (TPSA) is 45.2 Å². The highest BCUT2D eigenvalue weighted by atomic mass is 79.9. The van der Waals surface area contributed by atoms with Crippen molar-refractivity contribution in [3.8, 4) is 0 Å². The van der Waals surface area contributed by atoms with E-state index < -0.39 is 0 Å². The lowest BCUT2D eigenvalue weighted by Gasteiger charge is -2.19. The van der Waals surface area contributed by atoms with Gasteiger partial charge in [0.15, 0.2) is 0 Å². The predicted molar refractivity (Wildman–Crippen MR) is 85.2 cm³/mol. The molecule has 0 radical (unpaired) electrons. The third-order valence-electron chi connectivity index (χ3n) is 2.93. The molecule has 6 heteroatoms. The van der Waals surface area contributed by atoms with Crippen molar-refractivity contribution in [2.45, 2.75) is 6.92 Å². The van der Waals surface area contributed by atoms with Crippen LogP contribution >= 0.6 is 15.9 Å². The zero-order chi connectivity index (χ0) is 15.4. The molecule has 0 spiro atoms. The van der Waals surface area contributed by atoms with Crippen LogP contribution in [-0.4, -0.2) is 24.5 Å².